The van der Waals surface area contributed by atoms with Gasteiger partial charge in [-0.1, -0.05) is 23.2 Å². The second-order valence-corrected chi connectivity index (χ2v) is 5.46. The van der Waals surface area contributed by atoms with Crippen LogP contribution in [0.2, 0.25) is 10.0 Å². The van der Waals surface area contributed by atoms with Gasteiger partial charge in [-0.15, -0.1) is 0 Å². The third-order valence-electron chi connectivity index (χ3n) is 2.62. The molecule has 0 radical (unpaired) electrons. The fourth-order valence-corrected chi connectivity index (χ4v) is 2.43. The van der Waals surface area contributed by atoms with Gasteiger partial charge in [0.2, 0.25) is 0 Å². The van der Waals surface area contributed by atoms with Gasteiger partial charge < -0.3 is 20.1 Å². The highest BCUT2D eigenvalue weighted by molar-refractivity contribution is 6.35. The molecule has 21 heavy (non-hydrogen) atoms. The van der Waals surface area contributed by atoms with Crippen LogP contribution in [0, 0.1) is 0 Å². The molecule has 0 spiro atoms. The Bertz CT molecular complexity index is 484. The van der Waals surface area contributed by atoms with Crippen LogP contribution in [0.3, 0.4) is 0 Å². The van der Waals surface area contributed by atoms with Crippen LogP contribution in [0.1, 0.15) is 12.5 Å². The van der Waals surface area contributed by atoms with Crippen molar-refractivity contribution in [3.63, 3.8) is 0 Å². The maximum absolute atomic E-state index is 11.8. The molecule has 0 bridgehead atoms. The summed E-state index contributed by atoms with van der Waals surface area (Å²) in [5.74, 6) is 0.228. The van der Waals surface area contributed by atoms with Crippen molar-refractivity contribution in [2.24, 2.45) is 0 Å². The molecule has 0 aliphatic carbocycles. The molecule has 0 aromatic heterocycles. The molecular formula is C14H20Cl2N2O3. The fourth-order valence-electron chi connectivity index (χ4n) is 1.84. The molecule has 0 saturated heterocycles. The van der Waals surface area contributed by atoms with Crippen LogP contribution in [0.15, 0.2) is 12.1 Å². The summed E-state index contributed by atoms with van der Waals surface area (Å²) in [5, 5.41) is 6.66. The zero-order valence-electron chi connectivity index (χ0n) is 12.3. The maximum atomic E-state index is 11.8. The van der Waals surface area contributed by atoms with Crippen molar-refractivity contribution in [1.29, 1.82) is 0 Å². The standard InChI is InChI=1S/C14H20Cl2N2O3/c1-9(7-20-3)18-13(19)8-21-14-10(6-17-2)4-11(15)5-12(14)16/h4-5,9,17H,6-8H2,1-3H3,(H,18,19). The minimum atomic E-state index is -0.235. The molecule has 1 atom stereocenters. The highest BCUT2D eigenvalue weighted by atomic mass is 35.5. The highest BCUT2D eigenvalue weighted by Gasteiger charge is 2.13. The van der Waals surface area contributed by atoms with Crippen molar-refractivity contribution in [3.05, 3.63) is 27.7 Å². The van der Waals surface area contributed by atoms with Gasteiger partial charge in [-0.25, -0.2) is 0 Å². The average molecular weight is 335 g/mol. The Labute approximate surface area is 134 Å². The minimum absolute atomic E-state index is 0.0800. The SMILES string of the molecule is CNCc1cc(Cl)cc(Cl)c1OCC(=O)NC(C)COC. The molecule has 1 aromatic carbocycles. The van der Waals surface area contributed by atoms with Gasteiger partial charge in [0.1, 0.15) is 5.75 Å². The molecule has 0 aliphatic rings. The lowest BCUT2D eigenvalue weighted by atomic mass is 10.2. The second-order valence-electron chi connectivity index (χ2n) is 4.62. The number of hydrogen-bond donors (Lipinski definition) is 2. The molecule has 0 heterocycles. The summed E-state index contributed by atoms with van der Waals surface area (Å²) in [4.78, 5) is 11.8. The molecule has 5 nitrogen and oxygen atoms in total. The van der Waals surface area contributed by atoms with E-state index in [9.17, 15) is 4.79 Å². The van der Waals surface area contributed by atoms with Gasteiger partial charge in [0, 0.05) is 30.3 Å². The largest absolute Gasteiger partial charge is 0.482 e. The summed E-state index contributed by atoms with van der Waals surface area (Å²) in [7, 11) is 3.38. The van der Waals surface area contributed by atoms with Crippen LogP contribution in [0.4, 0.5) is 0 Å². The molecule has 0 fully saturated rings. The van der Waals surface area contributed by atoms with Crippen molar-refractivity contribution >= 4 is 29.1 Å². The molecule has 7 heteroatoms. The lowest BCUT2D eigenvalue weighted by molar-refractivity contribution is -0.124. The first kappa shape index (κ1) is 18.0. The molecule has 1 amide bonds. The van der Waals surface area contributed by atoms with Crippen molar-refractivity contribution in [2.45, 2.75) is 19.5 Å². The highest BCUT2D eigenvalue weighted by Crippen LogP contribution is 2.32. The van der Waals surface area contributed by atoms with E-state index in [1.165, 1.54) is 0 Å². The predicted octanol–water partition coefficient (Wildman–Crippen LogP) is 2.24. The molecular weight excluding hydrogens is 315 g/mol. The van der Waals surface area contributed by atoms with E-state index >= 15 is 0 Å². The Kier molecular flexibility index (Phi) is 7.82. The van der Waals surface area contributed by atoms with Gasteiger partial charge in [-0.2, -0.15) is 0 Å². The van der Waals surface area contributed by atoms with E-state index in [0.29, 0.717) is 28.9 Å². The number of carbonyl (C=O) groups excluding carboxylic acids is 1. The maximum Gasteiger partial charge on any atom is 0.258 e. The summed E-state index contributed by atoms with van der Waals surface area (Å²) in [6.45, 7) is 2.71. The minimum Gasteiger partial charge on any atom is -0.482 e. The van der Waals surface area contributed by atoms with Crippen LogP contribution in [0.5, 0.6) is 5.75 Å². The number of ether oxygens (including phenoxy) is 2. The third-order valence-corrected chi connectivity index (χ3v) is 3.12. The number of carbonyl (C=O) groups is 1. The molecule has 0 aliphatic heterocycles. The quantitative estimate of drug-likeness (QED) is 0.765. The second kappa shape index (κ2) is 9.10. The van der Waals surface area contributed by atoms with Gasteiger partial charge >= 0.3 is 0 Å². The van der Waals surface area contributed by atoms with E-state index in [1.54, 1.807) is 26.3 Å². The van der Waals surface area contributed by atoms with Crippen LogP contribution in [-0.4, -0.2) is 39.3 Å². The molecule has 1 rings (SSSR count). The number of rotatable bonds is 8. The third kappa shape index (κ3) is 6.09. The van der Waals surface area contributed by atoms with Gasteiger partial charge in [0.15, 0.2) is 6.61 Å². The van der Waals surface area contributed by atoms with Crippen LogP contribution in [0.25, 0.3) is 0 Å². The van der Waals surface area contributed by atoms with Crippen molar-refractivity contribution in [2.75, 3.05) is 27.4 Å². The topological polar surface area (TPSA) is 59.6 Å². The van der Waals surface area contributed by atoms with Crippen molar-refractivity contribution in [3.8, 4) is 5.75 Å². The molecule has 118 valence electrons. The predicted molar refractivity (Wildman–Crippen MR) is 84.2 cm³/mol. The number of nitrogens with one attached hydrogen (secondary N) is 2. The molecule has 0 saturated carbocycles. The average Bonchev–Trinajstić information content (AvgIpc) is 2.38. The Morgan fingerprint density at radius 2 is 2.10 bits per heavy atom. The fraction of sp³-hybridized carbons (Fsp3) is 0.500. The Morgan fingerprint density at radius 3 is 2.71 bits per heavy atom. The zero-order valence-corrected chi connectivity index (χ0v) is 13.8. The first-order valence-corrected chi connectivity index (χ1v) is 7.27. The van der Waals surface area contributed by atoms with Crippen LogP contribution in [-0.2, 0) is 16.1 Å². The molecule has 2 N–H and O–H groups in total. The first-order chi connectivity index (χ1) is 9.97. The van der Waals surface area contributed by atoms with Gasteiger partial charge in [0.25, 0.3) is 5.91 Å². The Balaban J connectivity index is 2.68. The Morgan fingerprint density at radius 1 is 1.38 bits per heavy atom. The summed E-state index contributed by atoms with van der Waals surface area (Å²) in [6, 6.07) is 3.26. The number of methoxy groups -OCH3 is 1. The van der Waals surface area contributed by atoms with Gasteiger partial charge in [-0.3, -0.25) is 4.79 Å². The van der Waals surface area contributed by atoms with E-state index in [-0.39, 0.29) is 18.6 Å². The molecule has 1 aromatic rings. The summed E-state index contributed by atoms with van der Waals surface area (Å²) < 4.78 is 10.5. The van der Waals surface area contributed by atoms with E-state index in [1.807, 2.05) is 6.92 Å². The van der Waals surface area contributed by atoms with Gasteiger partial charge in [0.05, 0.1) is 11.6 Å². The smallest absolute Gasteiger partial charge is 0.258 e. The van der Waals surface area contributed by atoms with E-state index in [2.05, 4.69) is 10.6 Å². The number of amides is 1. The Hall–Kier alpha value is -1.01. The summed E-state index contributed by atoms with van der Waals surface area (Å²) in [6.07, 6.45) is 0. The number of hydrogen-bond acceptors (Lipinski definition) is 4. The zero-order chi connectivity index (χ0) is 15.8. The van der Waals surface area contributed by atoms with E-state index in [0.717, 1.165) is 5.56 Å². The van der Waals surface area contributed by atoms with Crippen LogP contribution < -0.4 is 15.4 Å². The monoisotopic (exact) mass is 334 g/mol. The van der Waals surface area contributed by atoms with E-state index in [4.69, 9.17) is 32.7 Å². The lowest BCUT2D eigenvalue weighted by Crippen LogP contribution is -2.38. The molecule has 1 unspecified atom stereocenters. The van der Waals surface area contributed by atoms with Crippen molar-refractivity contribution < 1.29 is 14.3 Å². The summed E-state index contributed by atoms with van der Waals surface area (Å²) in [5.41, 5.74) is 0.799. The van der Waals surface area contributed by atoms with Gasteiger partial charge in [-0.05, 0) is 26.1 Å². The number of benzene rings is 1. The van der Waals surface area contributed by atoms with E-state index < -0.39 is 0 Å². The van der Waals surface area contributed by atoms with Crippen molar-refractivity contribution in [1.82, 2.24) is 10.6 Å². The first-order valence-electron chi connectivity index (χ1n) is 6.51. The number of halogens is 2. The van der Waals surface area contributed by atoms with Crippen LogP contribution >= 0.6 is 23.2 Å². The normalized spacial score (nSPS) is 12.0. The summed E-state index contributed by atoms with van der Waals surface area (Å²) >= 11 is 12.1. The lowest BCUT2D eigenvalue weighted by Gasteiger charge is -2.16.